The smallest absolute Gasteiger partial charge is 0.236 e. The van der Waals surface area contributed by atoms with E-state index in [-0.39, 0.29) is 23.4 Å². The average molecular weight is 238 g/mol. The number of nitrogens with zero attached hydrogens (tertiary/aromatic N) is 1. The van der Waals surface area contributed by atoms with E-state index in [2.05, 4.69) is 15.9 Å². The van der Waals surface area contributed by atoms with Crippen LogP contribution in [0.3, 0.4) is 0 Å². The van der Waals surface area contributed by atoms with Gasteiger partial charge in [-0.1, -0.05) is 15.9 Å². The number of amides is 1. The van der Waals surface area contributed by atoms with E-state index in [9.17, 15) is 4.79 Å². The number of rotatable bonds is 4. The van der Waals surface area contributed by atoms with Crippen LogP contribution in [0.4, 0.5) is 0 Å². The van der Waals surface area contributed by atoms with Crippen molar-refractivity contribution in [1.29, 1.82) is 0 Å². The molecule has 1 atom stereocenters. The van der Waals surface area contributed by atoms with Crippen molar-refractivity contribution in [3.8, 4) is 0 Å². The van der Waals surface area contributed by atoms with Crippen LogP contribution in [-0.4, -0.2) is 39.9 Å². The molecule has 1 amide bonds. The zero-order valence-electron chi connectivity index (χ0n) is 7.75. The number of hydrogen-bond donors (Lipinski definition) is 1. The van der Waals surface area contributed by atoms with Crippen molar-refractivity contribution in [3.05, 3.63) is 0 Å². The van der Waals surface area contributed by atoms with Crippen molar-refractivity contribution in [2.75, 3.05) is 13.2 Å². The third-order valence-electron chi connectivity index (χ3n) is 1.59. The normalized spacial score (nSPS) is 13.2. The summed E-state index contributed by atoms with van der Waals surface area (Å²) in [6, 6.07) is 0.143. The first kappa shape index (κ1) is 11.9. The molecule has 1 N–H and O–H groups in total. The van der Waals surface area contributed by atoms with Crippen LogP contribution in [0.15, 0.2) is 0 Å². The van der Waals surface area contributed by atoms with Gasteiger partial charge in [0.2, 0.25) is 5.91 Å². The molecule has 0 rings (SSSR count). The standard InChI is InChI=1S/C8H16BrNO2/c1-6(2)10(4-5-11)8(12)7(3)9/h6-7,11H,4-5H2,1-3H3. The van der Waals surface area contributed by atoms with Gasteiger partial charge < -0.3 is 10.0 Å². The van der Waals surface area contributed by atoms with Gasteiger partial charge in [-0.3, -0.25) is 4.79 Å². The molecule has 0 heterocycles. The van der Waals surface area contributed by atoms with Gasteiger partial charge in [0.1, 0.15) is 0 Å². The zero-order valence-corrected chi connectivity index (χ0v) is 9.34. The fourth-order valence-electron chi connectivity index (χ4n) is 0.959. The van der Waals surface area contributed by atoms with Crippen molar-refractivity contribution >= 4 is 21.8 Å². The maximum absolute atomic E-state index is 11.4. The Bertz CT molecular complexity index is 148. The third kappa shape index (κ3) is 3.54. The quantitative estimate of drug-likeness (QED) is 0.742. The first-order valence-electron chi connectivity index (χ1n) is 4.06. The number of carbonyl (C=O) groups is 1. The predicted molar refractivity (Wildman–Crippen MR) is 52.3 cm³/mol. The Balaban J connectivity index is 4.19. The molecule has 0 aliphatic rings. The summed E-state index contributed by atoms with van der Waals surface area (Å²) in [6.07, 6.45) is 0. The van der Waals surface area contributed by atoms with Crippen molar-refractivity contribution in [3.63, 3.8) is 0 Å². The van der Waals surface area contributed by atoms with Crippen LogP contribution in [0.1, 0.15) is 20.8 Å². The molecule has 72 valence electrons. The van der Waals surface area contributed by atoms with Gasteiger partial charge in [-0.2, -0.15) is 0 Å². The second kappa shape index (κ2) is 5.54. The van der Waals surface area contributed by atoms with Gasteiger partial charge in [-0.15, -0.1) is 0 Å². The van der Waals surface area contributed by atoms with Crippen LogP contribution in [-0.2, 0) is 4.79 Å². The Morgan fingerprint density at radius 2 is 2.00 bits per heavy atom. The van der Waals surface area contributed by atoms with E-state index in [0.29, 0.717) is 6.54 Å². The Kier molecular flexibility index (Phi) is 5.50. The number of aliphatic hydroxyl groups is 1. The lowest BCUT2D eigenvalue weighted by atomic mass is 10.3. The molecule has 3 nitrogen and oxygen atoms in total. The Morgan fingerprint density at radius 1 is 1.50 bits per heavy atom. The highest BCUT2D eigenvalue weighted by Gasteiger charge is 2.19. The molecule has 0 aromatic rings. The third-order valence-corrected chi connectivity index (χ3v) is 1.98. The SMILES string of the molecule is CC(Br)C(=O)N(CCO)C(C)C. The maximum atomic E-state index is 11.4. The molecule has 0 radical (unpaired) electrons. The highest BCUT2D eigenvalue weighted by Crippen LogP contribution is 2.07. The fourth-order valence-corrected chi connectivity index (χ4v) is 1.22. The van der Waals surface area contributed by atoms with E-state index in [1.165, 1.54) is 0 Å². The van der Waals surface area contributed by atoms with Gasteiger partial charge in [0.25, 0.3) is 0 Å². The van der Waals surface area contributed by atoms with Gasteiger partial charge >= 0.3 is 0 Å². The zero-order chi connectivity index (χ0) is 9.72. The Hall–Kier alpha value is -0.0900. The second-order valence-electron chi connectivity index (χ2n) is 2.96. The molecule has 12 heavy (non-hydrogen) atoms. The summed E-state index contributed by atoms with van der Waals surface area (Å²) in [6.45, 7) is 6.08. The molecule has 0 saturated heterocycles. The molecule has 0 aromatic carbocycles. The van der Waals surface area contributed by atoms with Gasteiger partial charge in [0, 0.05) is 12.6 Å². The molecule has 0 spiro atoms. The Morgan fingerprint density at radius 3 is 2.25 bits per heavy atom. The van der Waals surface area contributed by atoms with Crippen LogP contribution in [0.5, 0.6) is 0 Å². The van der Waals surface area contributed by atoms with Gasteiger partial charge in [0.05, 0.1) is 11.4 Å². The van der Waals surface area contributed by atoms with E-state index in [0.717, 1.165) is 0 Å². The lowest BCUT2D eigenvalue weighted by Gasteiger charge is -2.27. The van der Waals surface area contributed by atoms with Crippen LogP contribution >= 0.6 is 15.9 Å². The summed E-state index contributed by atoms with van der Waals surface area (Å²) >= 11 is 3.21. The van der Waals surface area contributed by atoms with Crippen molar-refractivity contribution in [2.24, 2.45) is 0 Å². The van der Waals surface area contributed by atoms with E-state index in [4.69, 9.17) is 5.11 Å². The molecular weight excluding hydrogens is 222 g/mol. The average Bonchev–Trinajstić information content (AvgIpc) is 1.98. The first-order chi connectivity index (χ1) is 5.50. The number of carbonyl (C=O) groups excluding carboxylic acids is 1. The lowest BCUT2D eigenvalue weighted by molar-refractivity contribution is -0.132. The number of hydrogen-bond acceptors (Lipinski definition) is 2. The maximum Gasteiger partial charge on any atom is 0.236 e. The summed E-state index contributed by atoms with van der Waals surface area (Å²) in [5.41, 5.74) is 0. The summed E-state index contributed by atoms with van der Waals surface area (Å²) in [7, 11) is 0. The molecule has 4 heteroatoms. The Labute approximate surface area is 81.9 Å². The summed E-state index contributed by atoms with van der Waals surface area (Å²) in [4.78, 5) is 12.9. The number of halogens is 1. The molecule has 0 aliphatic carbocycles. The van der Waals surface area contributed by atoms with Crippen LogP contribution in [0.2, 0.25) is 0 Å². The minimum Gasteiger partial charge on any atom is -0.395 e. The molecule has 0 fully saturated rings. The van der Waals surface area contributed by atoms with Crippen molar-refractivity contribution in [2.45, 2.75) is 31.6 Å². The highest BCUT2D eigenvalue weighted by molar-refractivity contribution is 9.10. The summed E-state index contributed by atoms with van der Waals surface area (Å²) in [5, 5.41) is 8.71. The van der Waals surface area contributed by atoms with Crippen LogP contribution < -0.4 is 0 Å². The molecule has 0 bridgehead atoms. The first-order valence-corrected chi connectivity index (χ1v) is 4.97. The number of aliphatic hydroxyl groups excluding tert-OH is 1. The minimum absolute atomic E-state index is 0.0175. The van der Waals surface area contributed by atoms with Gasteiger partial charge in [0.15, 0.2) is 0 Å². The highest BCUT2D eigenvalue weighted by atomic mass is 79.9. The second-order valence-corrected chi connectivity index (χ2v) is 4.34. The molecule has 1 unspecified atom stereocenters. The van der Waals surface area contributed by atoms with E-state index in [1.54, 1.807) is 11.8 Å². The largest absolute Gasteiger partial charge is 0.395 e. The van der Waals surface area contributed by atoms with E-state index in [1.807, 2.05) is 13.8 Å². The van der Waals surface area contributed by atoms with Crippen molar-refractivity contribution < 1.29 is 9.90 Å². The number of alkyl halides is 1. The molecule has 0 aromatic heterocycles. The summed E-state index contributed by atoms with van der Waals surface area (Å²) < 4.78 is 0. The van der Waals surface area contributed by atoms with E-state index < -0.39 is 0 Å². The van der Waals surface area contributed by atoms with Gasteiger partial charge in [-0.25, -0.2) is 0 Å². The fraction of sp³-hybridized carbons (Fsp3) is 0.875. The summed E-state index contributed by atoms with van der Waals surface area (Å²) in [5.74, 6) is 0.0269. The topological polar surface area (TPSA) is 40.5 Å². The molecule has 0 saturated carbocycles. The van der Waals surface area contributed by atoms with Crippen LogP contribution in [0, 0.1) is 0 Å². The van der Waals surface area contributed by atoms with E-state index >= 15 is 0 Å². The lowest BCUT2D eigenvalue weighted by Crippen LogP contribution is -2.42. The molecule has 0 aliphatic heterocycles. The monoisotopic (exact) mass is 237 g/mol. The molecular formula is C8H16BrNO2. The van der Waals surface area contributed by atoms with Crippen LogP contribution in [0.25, 0.3) is 0 Å². The van der Waals surface area contributed by atoms with Crippen molar-refractivity contribution in [1.82, 2.24) is 4.90 Å². The predicted octanol–water partition coefficient (Wildman–Crippen LogP) is 0.999. The minimum atomic E-state index is -0.175. The van der Waals surface area contributed by atoms with Gasteiger partial charge in [-0.05, 0) is 20.8 Å².